The molecule has 102 valence electrons. The van der Waals surface area contributed by atoms with E-state index in [1.54, 1.807) is 0 Å². The second-order valence-corrected chi connectivity index (χ2v) is 5.60. The van der Waals surface area contributed by atoms with Gasteiger partial charge in [-0.25, -0.2) is 8.42 Å². The fourth-order valence-corrected chi connectivity index (χ4v) is 2.42. The van der Waals surface area contributed by atoms with E-state index >= 15 is 0 Å². The van der Waals surface area contributed by atoms with Gasteiger partial charge in [0.2, 0.25) is 10.4 Å². The van der Waals surface area contributed by atoms with E-state index in [1.807, 2.05) is 25.1 Å². The van der Waals surface area contributed by atoms with Crippen molar-refractivity contribution in [1.82, 2.24) is 0 Å². The lowest BCUT2D eigenvalue weighted by Gasteiger charge is -2.20. The summed E-state index contributed by atoms with van der Waals surface area (Å²) in [7, 11) is -4.58. The molecule has 0 spiro atoms. The molecule has 1 aromatic carbocycles. The van der Waals surface area contributed by atoms with Crippen molar-refractivity contribution in [2.24, 2.45) is 5.92 Å². The number of benzene rings is 1. The Morgan fingerprint density at radius 1 is 1.28 bits per heavy atom. The van der Waals surface area contributed by atoms with E-state index < -0.39 is 10.4 Å². The van der Waals surface area contributed by atoms with Crippen LogP contribution in [0.2, 0.25) is 0 Å². The smallest absolute Gasteiger partial charge is 0.217 e. The fraction of sp³-hybridized carbons (Fsp3) is 0.538. The normalized spacial score (nSPS) is 15.3. The van der Waals surface area contributed by atoms with Crippen LogP contribution in [-0.2, 0) is 14.6 Å². The molecule has 0 aliphatic heterocycles. The Morgan fingerprint density at radius 3 is 2.39 bits per heavy atom. The molecule has 2 unspecified atom stereocenters. The van der Waals surface area contributed by atoms with Crippen molar-refractivity contribution in [2.75, 3.05) is 6.61 Å². The van der Waals surface area contributed by atoms with Gasteiger partial charge in [0.1, 0.15) is 0 Å². The van der Waals surface area contributed by atoms with Gasteiger partial charge in [0.15, 0.2) is 0 Å². The summed E-state index contributed by atoms with van der Waals surface area (Å²) in [5, 5.41) is 0. The Hall–Kier alpha value is -0.910. The van der Waals surface area contributed by atoms with Gasteiger partial charge in [-0.2, -0.15) is 0 Å². The van der Waals surface area contributed by atoms with Gasteiger partial charge < -0.3 is 4.55 Å². The lowest BCUT2D eigenvalue weighted by molar-refractivity contribution is 0.214. The predicted molar refractivity (Wildman–Crippen MR) is 68.9 cm³/mol. The standard InChI is InChI=1S/C13H20O4S/c1-3-12(13-7-5-4-6-8-13)9-11(2)10-17-18(14,15)16/h4-8,11-12H,3,9-10H2,1-2H3,(H,14,15,16)/p-1. The minimum absolute atomic E-state index is 0.0267. The first-order valence-corrected chi connectivity index (χ1v) is 7.41. The van der Waals surface area contributed by atoms with Crippen molar-refractivity contribution < 1.29 is 17.2 Å². The molecule has 1 rings (SSSR count). The summed E-state index contributed by atoms with van der Waals surface area (Å²) in [4.78, 5) is 0. The molecular weight excluding hydrogens is 252 g/mol. The zero-order chi connectivity index (χ0) is 13.6. The molecule has 0 aliphatic rings. The highest BCUT2D eigenvalue weighted by Gasteiger charge is 2.14. The van der Waals surface area contributed by atoms with Crippen LogP contribution in [0.4, 0.5) is 0 Å². The van der Waals surface area contributed by atoms with Crippen molar-refractivity contribution in [3.05, 3.63) is 35.9 Å². The predicted octanol–water partition coefficient (Wildman–Crippen LogP) is 2.68. The van der Waals surface area contributed by atoms with Crippen LogP contribution in [0, 0.1) is 5.92 Å². The minimum atomic E-state index is -4.58. The Labute approximate surface area is 109 Å². The Balaban J connectivity index is 2.54. The highest BCUT2D eigenvalue weighted by Crippen LogP contribution is 2.27. The Morgan fingerprint density at radius 2 is 1.89 bits per heavy atom. The van der Waals surface area contributed by atoms with Gasteiger partial charge in [0, 0.05) is 0 Å². The minimum Gasteiger partial charge on any atom is -0.726 e. The average Bonchev–Trinajstić information content (AvgIpc) is 2.33. The van der Waals surface area contributed by atoms with E-state index in [0.29, 0.717) is 5.92 Å². The summed E-state index contributed by atoms with van der Waals surface area (Å²) in [6, 6.07) is 10.1. The van der Waals surface area contributed by atoms with Gasteiger partial charge in [-0.15, -0.1) is 0 Å². The Bertz CT molecular complexity index is 441. The van der Waals surface area contributed by atoms with Crippen molar-refractivity contribution in [3.8, 4) is 0 Å². The molecule has 0 saturated carbocycles. The molecule has 0 N–H and O–H groups in total. The highest BCUT2D eigenvalue weighted by atomic mass is 32.3. The van der Waals surface area contributed by atoms with Crippen LogP contribution in [0.5, 0.6) is 0 Å². The molecule has 5 heteroatoms. The van der Waals surface area contributed by atoms with E-state index in [-0.39, 0.29) is 12.5 Å². The Kier molecular flexibility index (Phi) is 5.78. The third-order valence-corrected chi connectivity index (χ3v) is 3.37. The van der Waals surface area contributed by atoms with Gasteiger partial charge in [0.25, 0.3) is 0 Å². The van der Waals surface area contributed by atoms with Gasteiger partial charge in [0.05, 0.1) is 6.61 Å². The third kappa shape index (κ3) is 5.62. The number of rotatable bonds is 7. The van der Waals surface area contributed by atoms with Crippen LogP contribution in [0.3, 0.4) is 0 Å². The molecule has 4 nitrogen and oxygen atoms in total. The molecule has 0 amide bonds. The number of hydrogen-bond acceptors (Lipinski definition) is 4. The molecular formula is C13H19O4S-. The maximum absolute atomic E-state index is 10.4. The van der Waals surface area contributed by atoms with Crippen molar-refractivity contribution in [2.45, 2.75) is 32.6 Å². The van der Waals surface area contributed by atoms with E-state index in [1.165, 1.54) is 5.56 Å². The lowest BCUT2D eigenvalue weighted by Crippen LogP contribution is -2.14. The summed E-state index contributed by atoms with van der Waals surface area (Å²) in [6.45, 7) is 3.93. The molecule has 0 saturated heterocycles. The van der Waals surface area contributed by atoms with Crippen LogP contribution in [0.1, 0.15) is 38.2 Å². The summed E-state index contributed by atoms with van der Waals surface area (Å²) in [5.74, 6) is 0.387. The molecule has 0 heterocycles. The molecule has 0 aromatic heterocycles. The maximum Gasteiger partial charge on any atom is 0.217 e. The third-order valence-electron chi connectivity index (χ3n) is 2.95. The van der Waals surface area contributed by atoms with E-state index in [4.69, 9.17) is 0 Å². The molecule has 0 bridgehead atoms. The van der Waals surface area contributed by atoms with Crippen molar-refractivity contribution in [1.29, 1.82) is 0 Å². The first-order valence-electron chi connectivity index (χ1n) is 6.07. The van der Waals surface area contributed by atoms with E-state index in [9.17, 15) is 13.0 Å². The van der Waals surface area contributed by atoms with Crippen LogP contribution < -0.4 is 0 Å². The van der Waals surface area contributed by atoms with Crippen LogP contribution >= 0.6 is 0 Å². The second kappa shape index (κ2) is 6.87. The highest BCUT2D eigenvalue weighted by molar-refractivity contribution is 7.80. The van der Waals surface area contributed by atoms with Gasteiger partial charge in [-0.3, -0.25) is 4.18 Å². The largest absolute Gasteiger partial charge is 0.726 e. The topological polar surface area (TPSA) is 66.4 Å². The molecule has 0 aliphatic carbocycles. The zero-order valence-electron chi connectivity index (χ0n) is 10.7. The quantitative estimate of drug-likeness (QED) is 0.565. The van der Waals surface area contributed by atoms with Crippen molar-refractivity contribution >= 4 is 10.4 Å². The maximum atomic E-state index is 10.4. The second-order valence-electron chi connectivity index (χ2n) is 4.55. The van der Waals surface area contributed by atoms with Crippen molar-refractivity contribution in [3.63, 3.8) is 0 Å². The first kappa shape index (κ1) is 15.1. The molecule has 1 aromatic rings. The lowest BCUT2D eigenvalue weighted by atomic mass is 9.88. The number of hydrogen-bond donors (Lipinski definition) is 0. The SMILES string of the molecule is CCC(CC(C)COS(=O)(=O)[O-])c1ccccc1. The summed E-state index contributed by atoms with van der Waals surface area (Å²) in [5.41, 5.74) is 1.23. The van der Waals surface area contributed by atoms with Gasteiger partial charge in [-0.1, -0.05) is 44.2 Å². The molecule has 2 atom stereocenters. The molecule has 0 radical (unpaired) electrons. The monoisotopic (exact) mass is 271 g/mol. The average molecular weight is 271 g/mol. The van der Waals surface area contributed by atoms with E-state index in [0.717, 1.165) is 12.8 Å². The van der Waals surface area contributed by atoms with Crippen LogP contribution in [-0.4, -0.2) is 19.6 Å². The van der Waals surface area contributed by atoms with Crippen LogP contribution in [0.15, 0.2) is 30.3 Å². The van der Waals surface area contributed by atoms with E-state index in [2.05, 4.69) is 23.2 Å². The first-order chi connectivity index (χ1) is 8.42. The fourth-order valence-electron chi connectivity index (χ4n) is 2.02. The summed E-state index contributed by atoms with van der Waals surface area (Å²) < 4.78 is 35.4. The molecule has 0 fully saturated rings. The van der Waals surface area contributed by atoms with Gasteiger partial charge in [-0.05, 0) is 30.2 Å². The summed E-state index contributed by atoms with van der Waals surface area (Å²) in [6.07, 6.45) is 1.77. The van der Waals surface area contributed by atoms with Crippen LogP contribution in [0.25, 0.3) is 0 Å². The summed E-state index contributed by atoms with van der Waals surface area (Å²) >= 11 is 0. The zero-order valence-corrected chi connectivity index (χ0v) is 11.5. The molecule has 18 heavy (non-hydrogen) atoms. The van der Waals surface area contributed by atoms with Gasteiger partial charge >= 0.3 is 0 Å².